The lowest BCUT2D eigenvalue weighted by atomic mass is 10.0. The van der Waals surface area contributed by atoms with Gasteiger partial charge in [0.2, 0.25) is 0 Å². The summed E-state index contributed by atoms with van der Waals surface area (Å²) in [7, 11) is 0. The Bertz CT molecular complexity index is 318. The van der Waals surface area contributed by atoms with E-state index >= 15 is 0 Å². The summed E-state index contributed by atoms with van der Waals surface area (Å²) in [6, 6.07) is 8.92. The van der Waals surface area contributed by atoms with Crippen molar-refractivity contribution in [1.29, 1.82) is 0 Å². The minimum Gasteiger partial charge on any atom is -0.494 e. The average molecular weight is 219 g/mol. The Balaban J connectivity index is 1.71. The highest BCUT2D eigenvalue weighted by Gasteiger charge is 2.11. The van der Waals surface area contributed by atoms with Gasteiger partial charge in [0.05, 0.1) is 6.61 Å². The Labute approximate surface area is 98.0 Å². The summed E-state index contributed by atoms with van der Waals surface area (Å²) in [4.78, 5) is 0. The van der Waals surface area contributed by atoms with E-state index in [4.69, 9.17) is 4.74 Å². The second-order valence-electron chi connectivity index (χ2n) is 4.60. The molecule has 0 spiro atoms. The van der Waals surface area contributed by atoms with E-state index < -0.39 is 0 Å². The summed E-state index contributed by atoms with van der Waals surface area (Å²) < 4.78 is 5.75. The van der Waals surface area contributed by atoms with Crippen molar-refractivity contribution in [2.75, 3.05) is 13.2 Å². The van der Waals surface area contributed by atoms with Gasteiger partial charge in [-0.1, -0.05) is 18.6 Å². The van der Waals surface area contributed by atoms with Gasteiger partial charge < -0.3 is 10.1 Å². The number of hydrogen-bond acceptors (Lipinski definition) is 2. The molecule has 1 heterocycles. The first kappa shape index (κ1) is 11.5. The van der Waals surface area contributed by atoms with Crippen LogP contribution in [-0.4, -0.2) is 19.2 Å². The van der Waals surface area contributed by atoms with E-state index in [0.29, 0.717) is 6.04 Å². The van der Waals surface area contributed by atoms with Crippen LogP contribution in [0.1, 0.15) is 31.2 Å². The fourth-order valence-corrected chi connectivity index (χ4v) is 2.19. The number of aryl methyl sites for hydroxylation is 1. The largest absolute Gasteiger partial charge is 0.494 e. The molecule has 1 aromatic rings. The average Bonchev–Trinajstić information content (AvgIpc) is 2.30. The molecule has 16 heavy (non-hydrogen) atoms. The molecule has 2 heteroatoms. The monoisotopic (exact) mass is 219 g/mol. The molecular formula is C14H21NO. The van der Waals surface area contributed by atoms with Crippen LogP contribution in [0.3, 0.4) is 0 Å². The van der Waals surface area contributed by atoms with Crippen molar-refractivity contribution in [3.05, 3.63) is 29.8 Å². The molecular weight excluding hydrogens is 198 g/mol. The number of rotatable bonds is 4. The van der Waals surface area contributed by atoms with Gasteiger partial charge in [0.25, 0.3) is 0 Å². The highest BCUT2D eigenvalue weighted by molar-refractivity contribution is 5.27. The zero-order chi connectivity index (χ0) is 11.2. The molecule has 0 amide bonds. The lowest BCUT2D eigenvalue weighted by Crippen LogP contribution is -2.35. The molecule has 0 aliphatic carbocycles. The van der Waals surface area contributed by atoms with Crippen molar-refractivity contribution < 1.29 is 4.74 Å². The summed E-state index contributed by atoms with van der Waals surface area (Å²) in [6.45, 7) is 4.09. The zero-order valence-electron chi connectivity index (χ0n) is 10.0. The molecule has 1 fully saturated rings. The minimum atomic E-state index is 0.665. The van der Waals surface area contributed by atoms with Gasteiger partial charge in [0.15, 0.2) is 0 Å². The zero-order valence-corrected chi connectivity index (χ0v) is 10.0. The molecule has 88 valence electrons. The lowest BCUT2D eigenvalue weighted by molar-refractivity contribution is 0.268. The quantitative estimate of drug-likeness (QED) is 0.840. The first-order valence-corrected chi connectivity index (χ1v) is 6.27. The van der Waals surface area contributed by atoms with Gasteiger partial charge in [-0.2, -0.15) is 0 Å². The van der Waals surface area contributed by atoms with Crippen molar-refractivity contribution >= 4 is 0 Å². The van der Waals surface area contributed by atoms with Crippen LogP contribution in [0.4, 0.5) is 0 Å². The highest BCUT2D eigenvalue weighted by Crippen LogP contribution is 2.14. The van der Waals surface area contributed by atoms with Crippen LogP contribution >= 0.6 is 0 Å². The third-order valence-electron chi connectivity index (χ3n) is 3.14. The number of hydrogen-bond donors (Lipinski definition) is 1. The second kappa shape index (κ2) is 5.90. The first-order chi connectivity index (χ1) is 7.84. The van der Waals surface area contributed by atoms with Crippen molar-refractivity contribution in [3.8, 4) is 5.75 Å². The number of ether oxygens (including phenoxy) is 1. The van der Waals surface area contributed by atoms with Gasteiger partial charge in [-0.3, -0.25) is 0 Å². The number of nitrogens with one attached hydrogen (secondary N) is 1. The summed E-state index contributed by atoms with van der Waals surface area (Å²) >= 11 is 0. The van der Waals surface area contributed by atoms with Crippen LogP contribution in [0.5, 0.6) is 5.75 Å². The predicted molar refractivity (Wildman–Crippen MR) is 66.9 cm³/mol. The van der Waals surface area contributed by atoms with Crippen LogP contribution in [0.25, 0.3) is 0 Å². The molecule has 1 aliphatic heterocycles. The molecule has 1 N–H and O–H groups in total. The normalized spacial score (nSPS) is 20.7. The maximum Gasteiger partial charge on any atom is 0.119 e. The molecule has 0 radical (unpaired) electrons. The topological polar surface area (TPSA) is 21.3 Å². The van der Waals surface area contributed by atoms with Gasteiger partial charge in [0, 0.05) is 6.04 Å². The molecule has 2 rings (SSSR count). The van der Waals surface area contributed by atoms with E-state index in [1.165, 1.54) is 31.4 Å². The SMILES string of the molecule is Cc1cccc(OCCC2CCCCN2)c1. The minimum absolute atomic E-state index is 0.665. The number of benzene rings is 1. The predicted octanol–water partition coefficient (Wildman–Crippen LogP) is 2.91. The maximum absolute atomic E-state index is 5.75. The fraction of sp³-hybridized carbons (Fsp3) is 0.571. The summed E-state index contributed by atoms with van der Waals surface area (Å²) in [5, 5.41) is 3.54. The molecule has 1 unspecified atom stereocenters. The van der Waals surface area contributed by atoms with E-state index in [-0.39, 0.29) is 0 Å². The van der Waals surface area contributed by atoms with Crippen molar-refractivity contribution in [3.63, 3.8) is 0 Å². The van der Waals surface area contributed by atoms with Gasteiger partial charge in [0.1, 0.15) is 5.75 Å². The van der Waals surface area contributed by atoms with E-state index in [1.54, 1.807) is 0 Å². The van der Waals surface area contributed by atoms with Gasteiger partial charge >= 0.3 is 0 Å². The Morgan fingerprint density at radius 2 is 2.31 bits per heavy atom. The van der Waals surface area contributed by atoms with E-state index in [1.807, 2.05) is 12.1 Å². The fourth-order valence-electron chi connectivity index (χ4n) is 2.19. The van der Waals surface area contributed by atoms with Crippen molar-refractivity contribution in [1.82, 2.24) is 5.32 Å². The van der Waals surface area contributed by atoms with Crippen molar-refractivity contribution in [2.45, 2.75) is 38.6 Å². The summed E-state index contributed by atoms with van der Waals surface area (Å²) in [6.07, 6.45) is 5.11. The van der Waals surface area contributed by atoms with E-state index in [2.05, 4.69) is 24.4 Å². The molecule has 0 aromatic heterocycles. The Hall–Kier alpha value is -1.02. The molecule has 0 bridgehead atoms. The highest BCUT2D eigenvalue weighted by atomic mass is 16.5. The van der Waals surface area contributed by atoms with Crippen LogP contribution in [0.15, 0.2) is 24.3 Å². The first-order valence-electron chi connectivity index (χ1n) is 6.27. The second-order valence-corrected chi connectivity index (χ2v) is 4.60. The van der Waals surface area contributed by atoms with E-state index in [9.17, 15) is 0 Å². The molecule has 1 atom stereocenters. The van der Waals surface area contributed by atoms with Crippen LogP contribution in [-0.2, 0) is 0 Å². The smallest absolute Gasteiger partial charge is 0.119 e. The Morgan fingerprint density at radius 1 is 1.38 bits per heavy atom. The summed E-state index contributed by atoms with van der Waals surface area (Å²) in [5.74, 6) is 0.996. The summed E-state index contributed by atoms with van der Waals surface area (Å²) in [5.41, 5.74) is 1.26. The molecule has 1 saturated heterocycles. The van der Waals surface area contributed by atoms with Crippen molar-refractivity contribution in [2.24, 2.45) is 0 Å². The van der Waals surface area contributed by atoms with Gasteiger partial charge in [-0.25, -0.2) is 0 Å². The molecule has 2 nitrogen and oxygen atoms in total. The van der Waals surface area contributed by atoms with Crippen LogP contribution in [0.2, 0.25) is 0 Å². The Morgan fingerprint density at radius 3 is 3.06 bits per heavy atom. The molecule has 1 aromatic carbocycles. The standard InChI is InChI=1S/C14H21NO/c1-12-5-4-7-14(11-12)16-10-8-13-6-2-3-9-15-13/h4-5,7,11,13,15H,2-3,6,8-10H2,1H3. The number of piperidine rings is 1. The third-order valence-corrected chi connectivity index (χ3v) is 3.14. The molecule has 0 saturated carbocycles. The van der Waals surface area contributed by atoms with Crippen LogP contribution in [0, 0.1) is 6.92 Å². The van der Waals surface area contributed by atoms with Crippen LogP contribution < -0.4 is 10.1 Å². The maximum atomic E-state index is 5.75. The third kappa shape index (κ3) is 3.53. The van der Waals surface area contributed by atoms with Gasteiger partial charge in [-0.15, -0.1) is 0 Å². The van der Waals surface area contributed by atoms with E-state index in [0.717, 1.165) is 18.8 Å². The Kier molecular flexibility index (Phi) is 4.23. The molecule has 1 aliphatic rings. The lowest BCUT2D eigenvalue weighted by Gasteiger charge is -2.23. The van der Waals surface area contributed by atoms with Gasteiger partial charge in [-0.05, 0) is 50.4 Å².